The fourth-order valence-electron chi connectivity index (χ4n) is 2.25. The molecule has 0 radical (unpaired) electrons. The van der Waals surface area contributed by atoms with Crippen molar-refractivity contribution in [3.63, 3.8) is 0 Å². The summed E-state index contributed by atoms with van der Waals surface area (Å²) >= 11 is 0. The van der Waals surface area contributed by atoms with Gasteiger partial charge >= 0.3 is 0 Å². The molecule has 0 amide bonds. The summed E-state index contributed by atoms with van der Waals surface area (Å²) in [6.07, 6.45) is 0. The summed E-state index contributed by atoms with van der Waals surface area (Å²) in [5, 5.41) is 6.59. The summed E-state index contributed by atoms with van der Waals surface area (Å²) in [7, 11) is -3.61. The van der Waals surface area contributed by atoms with Gasteiger partial charge in [-0.2, -0.15) is 5.10 Å². The minimum atomic E-state index is -3.61. The molecule has 0 atom stereocenters. The second-order valence-corrected chi connectivity index (χ2v) is 6.39. The predicted molar refractivity (Wildman–Crippen MR) is 74.8 cm³/mol. The minimum absolute atomic E-state index is 0.303. The smallest absolute Gasteiger partial charge is 0.263 e. The molecule has 102 valence electrons. The van der Waals surface area contributed by atoms with Crippen LogP contribution in [0.25, 0.3) is 0 Å². The van der Waals surface area contributed by atoms with Crippen LogP contribution < -0.4 is 4.72 Å². The van der Waals surface area contributed by atoms with Gasteiger partial charge in [0.1, 0.15) is 0 Å². The molecular weight excluding hydrogens is 262 g/mol. The lowest BCUT2D eigenvalue weighted by molar-refractivity contribution is 0.599. The molecule has 0 saturated carbocycles. The van der Waals surface area contributed by atoms with Gasteiger partial charge in [0.25, 0.3) is 10.0 Å². The van der Waals surface area contributed by atoms with E-state index < -0.39 is 10.0 Å². The van der Waals surface area contributed by atoms with Gasteiger partial charge in [0.2, 0.25) is 0 Å². The summed E-state index contributed by atoms with van der Waals surface area (Å²) in [6.45, 7) is 7.35. The van der Waals surface area contributed by atoms with Crippen molar-refractivity contribution in [3.05, 3.63) is 40.6 Å². The van der Waals surface area contributed by atoms with Crippen molar-refractivity contribution < 1.29 is 8.42 Å². The summed E-state index contributed by atoms with van der Waals surface area (Å²) < 4.78 is 27.3. The zero-order chi connectivity index (χ0) is 14.2. The van der Waals surface area contributed by atoms with Crippen LogP contribution in [-0.4, -0.2) is 18.6 Å². The van der Waals surface area contributed by atoms with Gasteiger partial charge in [0.05, 0.1) is 4.90 Å². The number of hydrogen-bond acceptors (Lipinski definition) is 3. The van der Waals surface area contributed by atoms with E-state index in [-0.39, 0.29) is 0 Å². The second kappa shape index (κ2) is 4.70. The first-order valence-electron chi connectivity index (χ1n) is 5.92. The fourth-order valence-corrected chi connectivity index (χ4v) is 3.70. The molecule has 2 rings (SSSR count). The molecule has 0 bridgehead atoms. The first-order valence-corrected chi connectivity index (χ1v) is 7.40. The number of benzene rings is 1. The highest BCUT2D eigenvalue weighted by molar-refractivity contribution is 7.92. The zero-order valence-electron chi connectivity index (χ0n) is 11.4. The van der Waals surface area contributed by atoms with E-state index in [2.05, 4.69) is 14.9 Å². The molecule has 2 N–H and O–H groups in total. The molecule has 1 heterocycles. The molecule has 6 heteroatoms. The Bertz CT molecular complexity index is 694. The Morgan fingerprint density at radius 1 is 1.05 bits per heavy atom. The first kappa shape index (κ1) is 13.6. The molecule has 1 aromatic carbocycles. The Hall–Kier alpha value is -1.82. The molecule has 0 aliphatic rings. The minimum Gasteiger partial charge on any atom is -0.281 e. The monoisotopic (exact) mass is 279 g/mol. The number of aryl methyl sites for hydroxylation is 4. The lowest BCUT2D eigenvalue weighted by Gasteiger charge is -2.12. The average Bonchev–Trinajstić information content (AvgIpc) is 2.60. The summed E-state index contributed by atoms with van der Waals surface area (Å²) in [4.78, 5) is 0.318. The highest BCUT2D eigenvalue weighted by Crippen LogP contribution is 2.23. The van der Waals surface area contributed by atoms with Gasteiger partial charge in [-0.15, -0.1) is 0 Å². The maximum Gasteiger partial charge on any atom is 0.263 e. The van der Waals surface area contributed by atoms with Crippen molar-refractivity contribution in [2.75, 3.05) is 4.72 Å². The van der Waals surface area contributed by atoms with Gasteiger partial charge in [-0.05, 0) is 38.8 Å². The number of H-pyrrole nitrogens is 1. The maximum atomic E-state index is 12.4. The largest absolute Gasteiger partial charge is 0.281 e. The number of rotatable bonds is 3. The van der Waals surface area contributed by atoms with Gasteiger partial charge in [0, 0.05) is 11.8 Å². The van der Waals surface area contributed by atoms with E-state index in [0.29, 0.717) is 10.7 Å². The topological polar surface area (TPSA) is 74.8 Å². The van der Waals surface area contributed by atoms with Crippen molar-refractivity contribution in [2.45, 2.75) is 32.6 Å². The third-order valence-electron chi connectivity index (χ3n) is 2.82. The van der Waals surface area contributed by atoms with Gasteiger partial charge in [-0.1, -0.05) is 17.7 Å². The highest BCUT2D eigenvalue weighted by atomic mass is 32.2. The fraction of sp³-hybridized carbons (Fsp3) is 0.308. The molecule has 0 spiro atoms. The number of sulfonamides is 1. The summed E-state index contributed by atoms with van der Waals surface area (Å²) in [5.74, 6) is 0.303. The molecule has 1 aromatic heterocycles. The number of anilines is 1. The Morgan fingerprint density at radius 3 is 2.11 bits per heavy atom. The van der Waals surface area contributed by atoms with E-state index in [0.717, 1.165) is 22.4 Å². The third-order valence-corrected chi connectivity index (χ3v) is 4.48. The van der Waals surface area contributed by atoms with E-state index in [4.69, 9.17) is 0 Å². The second-order valence-electron chi connectivity index (χ2n) is 4.77. The molecule has 5 nitrogen and oxygen atoms in total. The number of aromatic nitrogens is 2. The van der Waals surface area contributed by atoms with E-state index in [1.165, 1.54) is 0 Å². The number of hydrogen-bond donors (Lipinski definition) is 2. The van der Waals surface area contributed by atoms with Gasteiger partial charge in [-0.25, -0.2) is 8.42 Å². The van der Waals surface area contributed by atoms with Crippen molar-refractivity contribution in [3.8, 4) is 0 Å². The van der Waals surface area contributed by atoms with Crippen LogP contribution in [0.3, 0.4) is 0 Å². The van der Waals surface area contributed by atoms with Gasteiger partial charge in [0.15, 0.2) is 5.82 Å². The van der Waals surface area contributed by atoms with Gasteiger partial charge < -0.3 is 0 Å². The first-order chi connectivity index (χ1) is 8.79. The number of aromatic amines is 1. The third kappa shape index (κ3) is 2.78. The van der Waals surface area contributed by atoms with E-state index in [1.54, 1.807) is 19.9 Å². The quantitative estimate of drug-likeness (QED) is 0.906. The van der Waals surface area contributed by atoms with Crippen LogP contribution in [-0.2, 0) is 10.0 Å². The molecule has 0 unspecified atom stereocenters. The molecule has 0 fully saturated rings. The van der Waals surface area contributed by atoms with E-state index >= 15 is 0 Å². The van der Waals surface area contributed by atoms with Crippen LogP contribution in [0.5, 0.6) is 0 Å². The van der Waals surface area contributed by atoms with Crippen LogP contribution in [0.15, 0.2) is 23.1 Å². The number of nitrogens with one attached hydrogen (secondary N) is 2. The highest BCUT2D eigenvalue weighted by Gasteiger charge is 2.20. The van der Waals surface area contributed by atoms with Crippen LogP contribution in [0.1, 0.15) is 22.4 Å². The lowest BCUT2D eigenvalue weighted by atomic mass is 10.1. The lowest BCUT2D eigenvalue weighted by Crippen LogP contribution is -2.16. The number of nitrogens with zero attached hydrogens (tertiary/aromatic N) is 1. The molecule has 0 aliphatic heterocycles. The van der Waals surface area contributed by atoms with Crippen LogP contribution in [0.4, 0.5) is 5.82 Å². The Kier molecular flexibility index (Phi) is 3.36. The average molecular weight is 279 g/mol. The van der Waals surface area contributed by atoms with Crippen molar-refractivity contribution in [1.29, 1.82) is 0 Å². The van der Waals surface area contributed by atoms with E-state index in [1.807, 2.05) is 26.0 Å². The maximum absolute atomic E-state index is 12.4. The standard InChI is InChI=1S/C13H17N3O2S/c1-8-5-9(2)13(10(3)6-8)19(17,18)16-12-7-11(4)14-15-12/h5-7H,1-4H3,(H2,14,15,16). The Morgan fingerprint density at radius 2 is 1.63 bits per heavy atom. The van der Waals surface area contributed by atoms with Crippen molar-refractivity contribution >= 4 is 15.8 Å². The van der Waals surface area contributed by atoms with Crippen LogP contribution in [0, 0.1) is 27.7 Å². The molecule has 0 saturated heterocycles. The Balaban J connectivity index is 2.45. The van der Waals surface area contributed by atoms with Crippen molar-refractivity contribution in [2.24, 2.45) is 0 Å². The molecule has 0 aliphatic carbocycles. The predicted octanol–water partition coefficient (Wildman–Crippen LogP) is 2.44. The van der Waals surface area contributed by atoms with Crippen LogP contribution >= 0.6 is 0 Å². The van der Waals surface area contributed by atoms with E-state index in [9.17, 15) is 8.42 Å². The summed E-state index contributed by atoms with van der Waals surface area (Å²) in [6, 6.07) is 5.37. The zero-order valence-corrected chi connectivity index (χ0v) is 12.2. The molecular formula is C13H17N3O2S. The SMILES string of the molecule is Cc1cc(C)c(S(=O)(=O)Nc2cc(C)[nH]n2)c(C)c1. The van der Waals surface area contributed by atoms with Crippen LogP contribution in [0.2, 0.25) is 0 Å². The molecule has 19 heavy (non-hydrogen) atoms. The Labute approximate surface area is 113 Å². The van der Waals surface area contributed by atoms with Gasteiger partial charge in [-0.3, -0.25) is 9.82 Å². The normalized spacial score (nSPS) is 11.6. The molecule has 2 aromatic rings. The van der Waals surface area contributed by atoms with Crippen molar-refractivity contribution in [1.82, 2.24) is 10.2 Å². The summed E-state index contributed by atoms with van der Waals surface area (Å²) in [5.41, 5.74) is 3.31.